The molecule has 0 saturated carbocycles. The molecule has 6 nitrogen and oxygen atoms in total. The van der Waals surface area contributed by atoms with Gasteiger partial charge in [0.25, 0.3) is 0 Å². The van der Waals surface area contributed by atoms with Gasteiger partial charge in [-0.1, -0.05) is 36.4 Å². The number of benzene rings is 2. The van der Waals surface area contributed by atoms with E-state index in [1.807, 2.05) is 42.5 Å². The molecule has 6 heteroatoms. The zero-order valence-corrected chi connectivity index (χ0v) is 16.2. The van der Waals surface area contributed by atoms with Crippen molar-refractivity contribution in [1.29, 1.82) is 0 Å². The molecule has 1 N–H and O–H groups in total. The highest BCUT2D eigenvalue weighted by molar-refractivity contribution is 5.88. The fourth-order valence-electron chi connectivity index (χ4n) is 4.06. The first-order chi connectivity index (χ1) is 14.3. The normalized spacial score (nSPS) is 14.6. The quantitative estimate of drug-likeness (QED) is 0.565. The van der Waals surface area contributed by atoms with Crippen LogP contribution in [0.5, 0.6) is 5.75 Å². The third-order valence-corrected chi connectivity index (χ3v) is 5.54. The van der Waals surface area contributed by atoms with Gasteiger partial charge < -0.3 is 5.11 Å². The van der Waals surface area contributed by atoms with Crippen LogP contribution < -0.4 is 0 Å². The maximum Gasteiger partial charge on any atom is 0.146 e. The highest BCUT2D eigenvalue weighted by atomic mass is 16.3. The van der Waals surface area contributed by atoms with Gasteiger partial charge in [0.05, 0.1) is 12.7 Å². The topological polar surface area (TPSA) is 67.1 Å². The van der Waals surface area contributed by atoms with Gasteiger partial charge >= 0.3 is 0 Å². The van der Waals surface area contributed by atoms with Crippen LogP contribution in [0.4, 0.5) is 0 Å². The van der Waals surface area contributed by atoms with Crippen molar-refractivity contribution in [3.8, 4) is 17.0 Å². The Morgan fingerprint density at radius 1 is 0.931 bits per heavy atom. The molecular formula is C23H23N5O. The van der Waals surface area contributed by atoms with Gasteiger partial charge in [-0.15, -0.1) is 0 Å². The lowest BCUT2D eigenvalue weighted by molar-refractivity contribution is 0.324. The Balaban J connectivity index is 1.50. The average molecular weight is 385 g/mol. The number of pyridine rings is 1. The van der Waals surface area contributed by atoms with Crippen molar-refractivity contribution >= 4 is 10.9 Å². The molecule has 3 heterocycles. The molecule has 0 spiro atoms. The molecule has 29 heavy (non-hydrogen) atoms. The highest BCUT2D eigenvalue weighted by Gasteiger charge is 2.18. The minimum Gasteiger partial charge on any atom is -0.505 e. The van der Waals surface area contributed by atoms with Gasteiger partial charge in [-0.2, -0.15) is 15.0 Å². The fourth-order valence-corrected chi connectivity index (χ4v) is 4.06. The second-order valence-electron chi connectivity index (χ2n) is 7.55. The lowest BCUT2D eigenvalue weighted by Gasteiger charge is -2.18. The third-order valence-electron chi connectivity index (χ3n) is 5.54. The number of rotatable bonds is 5. The largest absolute Gasteiger partial charge is 0.505 e. The van der Waals surface area contributed by atoms with Crippen LogP contribution in [0.25, 0.3) is 22.2 Å². The number of hydrogen-bond donors (Lipinski definition) is 1. The summed E-state index contributed by atoms with van der Waals surface area (Å²) in [5, 5.41) is 20.9. The first kappa shape index (κ1) is 17.8. The van der Waals surface area contributed by atoms with E-state index < -0.39 is 0 Å². The molecule has 0 bridgehead atoms. The summed E-state index contributed by atoms with van der Waals surface area (Å²) in [6.07, 6.45) is 5.96. The van der Waals surface area contributed by atoms with E-state index >= 15 is 0 Å². The van der Waals surface area contributed by atoms with E-state index in [1.165, 1.54) is 12.8 Å². The maximum atomic E-state index is 10.8. The summed E-state index contributed by atoms with van der Waals surface area (Å²) in [6.45, 7) is 3.43. The molecule has 2 aromatic heterocycles. The van der Waals surface area contributed by atoms with Gasteiger partial charge in [-0.05, 0) is 43.6 Å². The van der Waals surface area contributed by atoms with E-state index in [1.54, 1.807) is 17.2 Å². The molecule has 4 aromatic rings. The van der Waals surface area contributed by atoms with E-state index in [4.69, 9.17) is 0 Å². The van der Waals surface area contributed by atoms with Gasteiger partial charge in [0.1, 0.15) is 17.0 Å². The minimum atomic E-state index is 0.287. The van der Waals surface area contributed by atoms with E-state index in [2.05, 4.69) is 26.1 Å². The number of nitrogens with zero attached hydrogens (tertiary/aromatic N) is 5. The Labute approximate surface area is 169 Å². The van der Waals surface area contributed by atoms with Gasteiger partial charge in [0, 0.05) is 29.3 Å². The average Bonchev–Trinajstić information content (AvgIpc) is 3.44. The van der Waals surface area contributed by atoms with Crippen LogP contribution in [0.15, 0.2) is 60.9 Å². The predicted octanol–water partition coefficient (Wildman–Crippen LogP) is 3.84. The van der Waals surface area contributed by atoms with Crippen LogP contribution in [0.3, 0.4) is 0 Å². The Kier molecular flexibility index (Phi) is 4.69. The number of phenolic OH excluding ortho intramolecular Hbond substituents is 1. The van der Waals surface area contributed by atoms with Crippen molar-refractivity contribution in [2.24, 2.45) is 0 Å². The van der Waals surface area contributed by atoms with Gasteiger partial charge in [-0.25, -0.2) is 0 Å². The monoisotopic (exact) mass is 385 g/mol. The molecular weight excluding hydrogens is 362 g/mol. The molecule has 5 rings (SSSR count). The molecule has 0 aliphatic carbocycles. The molecule has 1 fully saturated rings. The SMILES string of the molecule is Oc1c(CN2CCCC2)cc(Cn2ncc(-c3ccccc3)n2)c2cccnc12. The Morgan fingerprint density at radius 2 is 1.76 bits per heavy atom. The van der Waals surface area contributed by atoms with E-state index in [-0.39, 0.29) is 5.75 Å². The van der Waals surface area contributed by atoms with Crippen molar-refractivity contribution in [2.45, 2.75) is 25.9 Å². The predicted molar refractivity (Wildman–Crippen MR) is 112 cm³/mol. The van der Waals surface area contributed by atoms with Crippen LogP contribution >= 0.6 is 0 Å². The van der Waals surface area contributed by atoms with Crippen LogP contribution in [-0.2, 0) is 13.1 Å². The number of aromatic hydroxyl groups is 1. The third kappa shape index (κ3) is 3.59. The summed E-state index contributed by atoms with van der Waals surface area (Å²) in [7, 11) is 0. The van der Waals surface area contributed by atoms with Crippen LogP contribution in [0, 0.1) is 0 Å². The highest BCUT2D eigenvalue weighted by Crippen LogP contribution is 2.32. The van der Waals surface area contributed by atoms with Gasteiger partial charge in [0.15, 0.2) is 0 Å². The van der Waals surface area contributed by atoms with Crippen molar-refractivity contribution < 1.29 is 5.11 Å². The number of hydrogen-bond acceptors (Lipinski definition) is 5. The Bertz CT molecular complexity index is 1130. The smallest absolute Gasteiger partial charge is 0.146 e. The lowest BCUT2D eigenvalue weighted by Crippen LogP contribution is -2.18. The Hall–Kier alpha value is -3.25. The first-order valence-electron chi connectivity index (χ1n) is 10.0. The van der Waals surface area contributed by atoms with Gasteiger partial charge in [0.2, 0.25) is 0 Å². The number of fused-ring (bicyclic) bond motifs is 1. The van der Waals surface area contributed by atoms with Crippen LogP contribution in [-0.4, -0.2) is 43.1 Å². The second kappa shape index (κ2) is 7.64. The number of phenols is 1. The summed E-state index contributed by atoms with van der Waals surface area (Å²) < 4.78 is 0. The molecule has 146 valence electrons. The standard InChI is InChI=1S/C23H23N5O/c29-23-19(15-27-11-4-5-12-27)13-18(20-9-6-10-24-22(20)23)16-28-25-14-21(26-28)17-7-2-1-3-8-17/h1-3,6-10,13-14,29H,4-5,11-12,15-16H2. The zero-order chi connectivity index (χ0) is 19.6. The molecule has 1 aliphatic rings. The second-order valence-corrected chi connectivity index (χ2v) is 7.55. The molecule has 0 amide bonds. The summed E-state index contributed by atoms with van der Waals surface area (Å²) in [4.78, 5) is 8.54. The Morgan fingerprint density at radius 3 is 2.59 bits per heavy atom. The molecule has 1 saturated heterocycles. The summed E-state index contributed by atoms with van der Waals surface area (Å²) in [6, 6.07) is 16.0. The fraction of sp³-hybridized carbons (Fsp3) is 0.261. The summed E-state index contributed by atoms with van der Waals surface area (Å²) in [5.41, 5.74) is 4.53. The van der Waals surface area contributed by atoms with E-state index in [0.29, 0.717) is 12.1 Å². The number of aromatic nitrogens is 4. The van der Waals surface area contributed by atoms with Crippen molar-refractivity contribution in [3.63, 3.8) is 0 Å². The van der Waals surface area contributed by atoms with Gasteiger partial charge in [-0.3, -0.25) is 9.88 Å². The van der Waals surface area contributed by atoms with Crippen molar-refractivity contribution in [1.82, 2.24) is 24.9 Å². The van der Waals surface area contributed by atoms with Crippen LogP contribution in [0.1, 0.15) is 24.0 Å². The summed E-state index contributed by atoms with van der Waals surface area (Å²) >= 11 is 0. The molecule has 2 aromatic carbocycles. The minimum absolute atomic E-state index is 0.287. The first-order valence-corrected chi connectivity index (χ1v) is 10.0. The molecule has 0 unspecified atom stereocenters. The van der Waals surface area contributed by atoms with Crippen molar-refractivity contribution in [3.05, 3.63) is 72.1 Å². The van der Waals surface area contributed by atoms with Crippen LogP contribution in [0.2, 0.25) is 0 Å². The summed E-state index contributed by atoms with van der Waals surface area (Å²) in [5.74, 6) is 0.287. The molecule has 0 radical (unpaired) electrons. The molecule has 0 atom stereocenters. The maximum absolute atomic E-state index is 10.8. The van der Waals surface area contributed by atoms with E-state index in [0.717, 1.165) is 47.4 Å². The zero-order valence-electron chi connectivity index (χ0n) is 16.2. The van der Waals surface area contributed by atoms with Crippen molar-refractivity contribution in [2.75, 3.05) is 13.1 Å². The van der Waals surface area contributed by atoms with E-state index in [9.17, 15) is 5.11 Å². The number of likely N-dealkylation sites (tertiary alicyclic amines) is 1. The lowest BCUT2D eigenvalue weighted by atomic mass is 10.0. The molecule has 1 aliphatic heterocycles.